The molecule has 0 spiro atoms. The van der Waals surface area contributed by atoms with Crippen LogP contribution in [0.1, 0.15) is 43.9 Å². The van der Waals surface area contributed by atoms with Crippen molar-refractivity contribution < 1.29 is 19.1 Å². The number of fused-ring (bicyclic) bond motifs is 2. The summed E-state index contributed by atoms with van der Waals surface area (Å²) in [4.78, 5) is 47.7. The van der Waals surface area contributed by atoms with Gasteiger partial charge in [0.1, 0.15) is 10.3 Å². The molecule has 0 aliphatic carbocycles. The van der Waals surface area contributed by atoms with E-state index in [2.05, 4.69) is 15.9 Å². The molecule has 0 radical (unpaired) electrons. The number of amides is 1. The lowest BCUT2D eigenvalue weighted by Crippen LogP contribution is -2.41. The van der Waals surface area contributed by atoms with Crippen LogP contribution in [0, 0.1) is 0 Å². The van der Waals surface area contributed by atoms with Crippen molar-refractivity contribution in [1.82, 2.24) is 4.57 Å². The van der Waals surface area contributed by atoms with Crippen LogP contribution < -0.4 is 24.5 Å². The summed E-state index contributed by atoms with van der Waals surface area (Å²) in [5, 5.41) is 0. The molecule has 0 saturated heterocycles. The first-order valence-corrected chi connectivity index (χ1v) is 13.9. The number of nitrogens with zero attached hydrogens (tertiary/aromatic N) is 3. The molecule has 0 fully saturated rings. The molecule has 2 aliphatic rings. The third-order valence-corrected chi connectivity index (χ3v) is 8.16. The van der Waals surface area contributed by atoms with Gasteiger partial charge in [-0.2, -0.15) is 0 Å². The molecule has 3 aromatic rings. The number of esters is 1. The van der Waals surface area contributed by atoms with Crippen LogP contribution >= 0.6 is 27.3 Å². The number of carbonyl (C=O) groups is 2. The summed E-state index contributed by atoms with van der Waals surface area (Å²) in [6.45, 7) is 3.94. The molecule has 2 aliphatic heterocycles. The van der Waals surface area contributed by atoms with Gasteiger partial charge in [0.15, 0.2) is 4.80 Å². The lowest BCUT2D eigenvalue weighted by Gasteiger charge is -2.26. The molecule has 38 heavy (non-hydrogen) atoms. The molecule has 8 nitrogen and oxygen atoms in total. The Balaban J connectivity index is 1.87. The topological polar surface area (TPSA) is 90.2 Å². The minimum Gasteiger partial charge on any atom is -0.497 e. The smallest absolute Gasteiger partial charge is 0.338 e. The van der Waals surface area contributed by atoms with Gasteiger partial charge in [-0.3, -0.25) is 14.2 Å². The monoisotopic (exact) mass is 595 g/mol. The molecule has 0 saturated carbocycles. The zero-order valence-electron chi connectivity index (χ0n) is 21.4. The average Bonchev–Trinajstić information content (AvgIpc) is 3.35. The third kappa shape index (κ3) is 4.21. The largest absolute Gasteiger partial charge is 0.497 e. The van der Waals surface area contributed by atoms with E-state index in [0.717, 1.165) is 16.6 Å². The van der Waals surface area contributed by atoms with Crippen molar-refractivity contribution in [2.75, 3.05) is 25.7 Å². The maximum absolute atomic E-state index is 14.2. The minimum atomic E-state index is -0.785. The van der Waals surface area contributed by atoms with Crippen molar-refractivity contribution in [1.29, 1.82) is 0 Å². The van der Waals surface area contributed by atoms with Gasteiger partial charge >= 0.3 is 5.97 Å². The molecule has 0 unspecified atom stereocenters. The van der Waals surface area contributed by atoms with Gasteiger partial charge in [0.2, 0.25) is 0 Å². The highest BCUT2D eigenvalue weighted by Gasteiger charge is 2.37. The van der Waals surface area contributed by atoms with Crippen molar-refractivity contribution in [3.63, 3.8) is 0 Å². The number of anilines is 1. The number of thiazole rings is 1. The molecule has 1 aromatic heterocycles. The van der Waals surface area contributed by atoms with E-state index in [9.17, 15) is 14.4 Å². The summed E-state index contributed by atoms with van der Waals surface area (Å²) in [5.41, 5.74) is 2.93. The highest BCUT2D eigenvalue weighted by atomic mass is 79.9. The molecule has 3 heterocycles. The number of carbonyl (C=O) groups excluding carboxylic acids is 2. The second-order valence-electron chi connectivity index (χ2n) is 8.91. The number of methoxy groups -OCH3 is 1. The Labute approximate surface area is 231 Å². The zero-order valence-corrected chi connectivity index (χ0v) is 23.8. The van der Waals surface area contributed by atoms with Gasteiger partial charge in [-0.15, -0.1) is 0 Å². The third-order valence-electron chi connectivity index (χ3n) is 6.61. The normalized spacial score (nSPS) is 17.8. The number of likely N-dealkylation sites (N-methyl/N-ethyl adjacent to an activating group) is 1. The molecule has 1 amide bonds. The highest BCUT2D eigenvalue weighted by molar-refractivity contribution is 9.10. The van der Waals surface area contributed by atoms with Crippen molar-refractivity contribution in [2.24, 2.45) is 4.99 Å². The Kier molecular flexibility index (Phi) is 7.11. The molecule has 196 valence electrons. The van der Waals surface area contributed by atoms with E-state index in [1.165, 1.54) is 15.9 Å². The lowest BCUT2D eigenvalue weighted by molar-refractivity contribution is -0.139. The molecule has 1 atom stereocenters. The number of hydrogen-bond acceptors (Lipinski definition) is 7. The molecule has 0 bridgehead atoms. The van der Waals surface area contributed by atoms with Gasteiger partial charge in [-0.05, 0) is 49.2 Å². The fraction of sp³-hybridized carbons (Fsp3) is 0.286. The van der Waals surface area contributed by atoms with Gasteiger partial charge < -0.3 is 14.4 Å². The SMILES string of the molecule is CCCC1=C(C(=O)OCC)[C@H](c2cccc(OC)c2)n2c(s/c(=C3\C(=O)N(C)c4ccc(Br)cc43)c2=O)=N1. The zero-order chi connectivity index (χ0) is 27.1. The van der Waals surface area contributed by atoms with Crippen LogP contribution in [0.3, 0.4) is 0 Å². The number of benzene rings is 2. The quantitative estimate of drug-likeness (QED) is 0.405. The number of hydrogen-bond donors (Lipinski definition) is 0. The Morgan fingerprint density at radius 3 is 2.66 bits per heavy atom. The van der Waals surface area contributed by atoms with Crippen LogP contribution in [0.5, 0.6) is 5.75 Å². The Bertz CT molecular complexity index is 1690. The maximum atomic E-state index is 14.2. The van der Waals surface area contributed by atoms with E-state index in [1.807, 2.05) is 37.3 Å². The first kappa shape index (κ1) is 26.1. The van der Waals surface area contributed by atoms with Gasteiger partial charge in [0, 0.05) is 17.1 Å². The summed E-state index contributed by atoms with van der Waals surface area (Å²) in [6, 6.07) is 12.0. The van der Waals surface area contributed by atoms with Crippen molar-refractivity contribution in [2.45, 2.75) is 32.7 Å². The van der Waals surface area contributed by atoms with Crippen LogP contribution in [0.4, 0.5) is 5.69 Å². The fourth-order valence-corrected chi connectivity index (χ4v) is 6.38. The Morgan fingerprint density at radius 1 is 1.16 bits per heavy atom. The van der Waals surface area contributed by atoms with Gasteiger partial charge in [0.05, 0.1) is 42.3 Å². The van der Waals surface area contributed by atoms with E-state index in [1.54, 1.807) is 38.1 Å². The van der Waals surface area contributed by atoms with Crippen LogP contribution in [0.15, 0.2) is 68.0 Å². The lowest BCUT2D eigenvalue weighted by atomic mass is 9.94. The number of allylic oxidation sites excluding steroid dienone is 1. The predicted molar refractivity (Wildman–Crippen MR) is 149 cm³/mol. The summed E-state index contributed by atoms with van der Waals surface area (Å²) in [5.74, 6) is -0.188. The van der Waals surface area contributed by atoms with Crippen molar-refractivity contribution >= 4 is 50.4 Å². The number of rotatable bonds is 6. The van der Waals surface area contributed by atoms with E-state index in [-0.39, 0.29) is 22.6 Å². The van der Waals surface area contributed by atoms with Crippen LogP contribution in [-0.2, 0) is 14.3 Å². The van der Waals surface area contributed by atoms with Gasteiger partial charge in [-0.25, -0.2) is 9.79 Å². The van der Waals surface area contributed by atoms with Crippen molar-refractivity contribution in [3.05, 3.63) is 89.0 Å². The number of ether oxygens (including phenoxy) is 2. The number of halogens is 1. The Morgan fingerprint density at radius 2 is 1.95 bits per heavy atom. The first-order chi connectivity index (χ1) is 18.3. The standard InChI is InChI=1S/C28H26BrN3O5S/c1-5-8-19-22(27(35)37-6-2)23(15-9-7-10-17(13-15)36-4)32-26(34)24(38-28(32)30-19)21-18-14-16(29)11-12-20(18)31(3)25(21)33/h7,9-14,23H,5-6,8H2,1-4H3/b24-21-/t23-/m0/s1. The summed E-state index contributed by atoms with van der Waals surface area (Å²) in [7, 11) is 3.26. The van der Waals surface area contributed by atoms with Crippen LogP contribution in [0.25, 0.3) is 5.57 Å². The molecular formula is C28H26BrN3O5S. The average molecular weight is 597 g/mol. The number of aromatic nitrogens is 1. The first-order valence-electron chi connectivity index (χ1n) is 12.3. The fourth-order valence-electron chi connectivity index (χ4n) is 4.91. The predicted octanol–water partition coefficient (Wildman–Crippen LogP) is 3.70. The summed E-state index contributed by atoms with van der Waals surface area (Å²) < 4.78 is 13.5. The van der Waals surface area contributed by atoms with E-state index in [4.69, 9.17) is 14.5 Å². The molecule has 0 N–H and O–H groups in total. The van der Waals surface area contributed by atoms with Crippen LogP contribution in [-0.4, -0.2) is 37.2 Å². The molecule has 2 aromatic carbocycles. The second kappa shape index (κ2) is 10.3. The highest BCUT2D eigenvalue weighted by Crippen LogP contribution is 2.37. The van der Waals surface area contributed by atoms with Gasteiger partial charge in [-0.1, -0.05) is 52.7 Å². The molecule has 10 heteroatoms. The van der Waals surface area contributed by atoms with E-state index < -0.39 is 12.0 Å². The Hall–Kier alpha value is -3.50. The van der Waals surface area contributed by atoms with E-state index >= 15 is 0 Å². The van der Waals surface area contributed by atoms with Crippen molar-refractivity contribution in [3.8, 4) is 5.75 Å². The van der Waals surface area contributed by atoms with E-state index in [0.29, 0.717) is 44.9 Å². The van der Waals surface area contributed by atoms with Gasteiger partial charge in [0.25, 0.3) is 11.5 Å². The molecular weight excluding hydrogens is 570 g/mol. The molecule has 5 rings (SSSR count). The summed E-state index contributed by atoms with van der Waals surface area (Å²) >= 11 is 4.65. The second-order valence-corrected chi connectivity index (χ2v) is 10.8. The maximum Gasteiger partial charge on any atom is 0.338 e. The minimum absolute atomic E-state index is 0.188. The summed E-state index contributed by atoms with van der Waals surface area (Å²) in [6.07, 6.45) is 1.28. The van der Waals surface area contributed by atoms with Crippen LogP contribution in [0.2, 0.25) is 0 Å².